The van der Waals surface area contributed by atoms with Crippen molar-refractivity contribution in [2.45, 2.75) is 59.7 Å². The molecule has 5 nitrogen and oxygen atoms in total. The number of aromatic nitrogens is 2. The van der Waals surface area contributed by atoms with E-state index in [1.807, 2.05) is 38.1 Å². The highest BCUT2D eigenvalue weighted by Gasteiger charge is 2.30. The van der Waals surface area contributed by atoms with Gasteiger partial charge in [0.2, 0.25) is 5.91 Å². The second-order valence-corrected chi connectivity index (χ2v) is 6.83. The van der Waals surface area contributed by atoms with Crippen molar-refractivity contribution >= 4 is 5.91 Å². The molecule has 118 valence electrons. The van der Waals surface area contributed by atoms with Crippen molar-refractivity contribution in [3.63, 3.8) is 0 Å². The lowest BCUT2D eigenvalue weighted by atomic mass is 9.93. The van der Waals surface area contributed by atoms with E-state index in [1.54, 1.807) is 0 Å². The highest BCUT2D eigenvalue weighted by Crippen LogP contribution is 2.21. The third-order valence-corrected chi connectivity index (χ3v) is 4.12. The van der Waals surface area contributed by atoms with Gasteiger partial charge in [-0.1, -0.05) is 20.8 Å². The first kappa shape index (κ1) is 16.0. The summed E-state index contributed by atoms with van der Waals surface area (Å²) >= 11 is 0. The molecule has 1 aliphatic rings. The van der Waals surface area contributed by atoms with Gasteiger partial charge >= 0.3 is 0 Å². The molecular formula is C16H28N4O. The van der Waals surface area contributed by atoms with Crippen LogP contribution in [0.3, 0.4) is 0 Å². The van der Waals surface area contributed by atoms with Crippen LogP contribution in [0.5, 0.6) is 0 Å². The molecule has 0 bridgehead atoms. The molecule has 0 radical (unpaired) electrons. The Kier molecular flexibility index (Phi) is 5.04. The topological polar surface area (TPSA) is 50.2 Å². The number of likely N-dealkylation sites (tertiary alicyclic amines) is 1. The van der Waals surface area contributed by atoms with Gasteiger partial charge in [0.05, 0.1) is 6.54 Å². The Labute approximate surface area is 127 Å². The SMILES string of the molecule is CCn1ccnc1CNC1CCN(C(=O)C(C)(C)C)CC1. The smallest absolute Gasteiger partial charge is 0.227 e. The van der Waals surface area contributed by atoms with E-state index in [9.17, 15) is 4.79 Å². The summed E-state index contributed by atoms with van der Waals surface area (Å²) in [4.78, 5) is 18.6. The van der Waals surface area contributed by atoms with Crippen LogP contribution in [0.15, 0.2) is 12.4 Å². The van der Waals surface area contributed by atoms with Crippen molar-refractivity contribution in [3.05, 3.63) is 18.2 Å². The normalized spacial score (nSPS) is 17.2. The minimum absolute atomic E-state index is 0.266. The largest absolute Gasteiger partial charge is 0.342 e. The standard InChI is InChI=1S/C16H28N4O/c1-5-19-11-8-17-14(19)12-18-13-6-9-20(10-7-13)15(21)16(2,3)4/h8,11,13,18H,5-7,9-10,12H2,1-4H3. The van der Waals surface area contributed by atoms with Crippen LogP contribution in [0.25, 0.3) is 0 Å². The van der Waals surface area contributed by atoms with Crippen molar-refractivity contribution in [1.29, 1.82) is 0 Å². The fourth-order valence-corrected chi connectivity index (χ4v) is 2.79. The third-order valence-electron chi connectivity index (χ3n) is 4.12. The first-order valence-corrected chi connectivity index (χ1v) is 7.94. The number of aryl methyl sites for hydroxylation is 1. The quantitative estimate of drug-likeness (QED) is 0.924. The lowest BCUT2D eigenvalue weighted by Crippen LogP contribution is -2.48. The van der Waals surface area contributed by atoms with Gasteiger partial charge in [0.1, 0.15) is 5.82 Å². The summed E-state index contributed by atoms with van der Waals surface area (Å²) in [6.07, 6.45) is 5.91. The Balaban J connectivity index is 1.78. The maximum atomic E-state index is 12.2. The monoisotopic (exact) mass is 292 g/mol. The number of imidazole rings is 1. The molecule has 1 aromatic rings. The molecule has 1 saturated heterocycles. The van der Waals surface area contributed by atoms with Crippen molar-refractivity contribution in [2.24, 2.45) is 5.41 Å². The number of hydrogen-bond acceptors (Lipinski definition) is 3. The number of rotatable bonds is 4. The molecule has 5 heteroatoms. The molecule has 1 aliphatic heterocycles. The maximum Gasteiger partial charge on any atom is 0.227 e. The van der Waals surface area contributed by atoms with E-state index < -0.39 is 0 Å². The maximum absolute atomic E-state index is 12.2. The zero-order valence-corrected chi connectivity index (χ0v) is 13.7. The van der Waals surface area contributed by atoms with Gasteiger partial charge in [0.15, 0.2) is 0 Å². The van der Waals surface area contributed by atoms with Gasteiger partial charge in [0.25, 0.3) is 0 Å². The van der Waals surface area contributed by atoms with Crippen molar-refractivity contribution in [2.75, 3.05) is 13.1 Å². The highest BCUT2D eigenvalue weighted by molar-refractivity contribution is 5.81. The van der Waals surface area contributed by atoms with Crippen LogP contribution in [-0.2, 0) is 17.9 Å². The molecule has 21 heavy (non-hydrogen) atoms. The molecular weight excluding hydrogens is 264 g/mol. The summed E-state index contributed by atoms with van der Waals surface area (Å²) in [7, 11) is 0. The van der Waals surface area contributed by atoms with Crippen molar-refractivity contribution in [1.82, 2.24) is 19.8 Å². The summed E-state index contributed by atoms with van der Waals surface area (Å²) in [6, 6.07) is 0.482. The number of piperidine rings is 1. The molecule has 0 aromatic carbocycles. The van der Waals surface area contributed by atoms with Crippen LogP contribution >= 0.6 is 0 Å². The number of carbonyl (C=O) groups excluding carboxylic acids is 1. The van der Waals surface area contributed by atoms with E-state index in [4.69, 9.17) is 0 Å². The van der Waals surface area contributed by atoms with Crippen LogP contribution in [0.4, 0.5) is 0 Å². The third kappa shape index (κ3) is 4.06. The molecule has 0 atom stereocenters. The van der Waals surface area contributed by atoms with Gasteiger partial charge in [-0.15, -0.1) is 0 Å². The predicted octanol–water partition coefficient (Wildman–Crippen LogP) is 2.03. The second kappa shape index (κ2) is 6.60. The van der Waals surface area contributed by atoms with Crippen molar-refractivity contribution < 1.29 is 4.79 Å². The summed E-state index contributed by atoms with van der Waals surface area (Å²) in [5.74, 6) is 1.35. The van der Waals surface area contributed by atoms with Gasteiger partial charge in [0, 0.05) is 43.5 Å². The minimum atomic E-state index is -0.272. The Hall–Kier alpha value is -1.36. The highest BCUT2D eigenvalue weighted by atomic mass is 16.2. The summed E-state index contributed by atoms with van der Waals surface area (Å²) in [5.41, 5.74) is -0.272. The number of nitrogens with zero attached hydrogens (tertiary/aromatic N) is 3. The molecule has 0 saturated carbocycles. The lowest BCUT2D eigenvalue weighted by Gasteiger charge is -2.36. The van der Waals surface area contributed by atoms with Gasteiger partial charge in [-0.3, -0.25) is 4.79 Å². The number of amides is 1. The van der Waals surface area contributed by atoms with Crippen LogP contribution in [0.1, 0.15) is 46.4 Å². The Morgan fingerprint density at radius 3 is 2.62 bits per heavy atom. The van der Waals surface area contributed by atoms with E-state index >= 15 is 0 Å². The Morgan fingerprint density at radius 2 is 2.05 bits per heavy atom. The molecule has 0 aliphatic carbocycles. The number of nitrogens with one attached hydrogen (secondary N) is 1. The first-order chi connectivity index (χ1) is 9.91. The number of hydrogen-bond donors (Lipinski definition) is 1. The fourth-order valence-electron chi connectivity index (χ4n) is 2.79. The molecule has 0 unspecified atom stereocenters. The zero-order valence-electron chi connectivity index (χ0n) is 13.7. The predicted molar refractivity (Wildman–Crippen MR) is 83.8 cm³/mol. The molecule has 1 N–H and O–H groups in total. The summed E-state index contributed by atoms with van der Waals surface area (Å²) < 4.78 is 2.16. The fraction of sp³-hybridized carbons (Fsp3) is 0.750. The van der Waals surface area contributed by atoms with Crippen LogP contribution < -0.4 is 5.32 Å². The molecule has 2 heterocycles. The molecule has 1 aromatic heterocycles. The van der Waals surface area contributed by atoms with E-state index in [2.05, 4.69) is 21.8 Å². The number of carbonyl (C=O) groups is 1. The van der Waals surface area contributed by atoms with E-state index in [0.717, 1.165) is 44.8 Å². The second-order valence-electron chi connectivity index (χ2n) is 6.83. The average Bonchev–Trinajstić information content (AvgIpc) is 2.91. The van der Waals surface area contributed by atoms with Crippen LogP contribution in [-0.4, -0.2) is 39.5 Å². The summed E-state index contributed by atoms with van der Waals surface area (Å²) in [6.45, 7) is 11.6. The van der Waals surface area contributed by atoms with Gasteiger partial charge in [-0.2, -0.15) is 0 Å². The van der Waals surface area contributed by atoms with Gasteiger partial charge in [-0.25, -0.2) is 4.98 Å². The zero-order chi connectivity index (χ0) is 15.5. The van der Waals surface area contributed by atoms with E-state index in [-0.39, 0.29) is 11.3 Å². The average molecular weight is 292 g/mol. The van der Waals surface area contributed by atoms with Crippen LogP contribution in [0, 0.1) is 5.41 Å². The molecule has 1 amide bonds. The van der Waals surface area contributed by atoms with Crippen LogP contribution in [0.2, 0.25) is 0 Å². The molecule has 0 spiro atoms. The van der Waals surface area contributed by atoms with E-state index in [1.165, 1.54) is 0 Å². The summed E-state index contributed by atoms with van der Waals surface area (Å²) in [5, 5.41) is 3.58. The minimum Gasteiger partial charge on any atom is -0.342 e. The Morgan fingerprint density at radius 1 is 1.38 bits per heavy atom. The van der Waals surface area contributed by atoms with E-state index in [0.29, 0.717) is 6.04 Å². The Bertz CT molecular complexity index is 467. The van der Waals surface area contributed by atoms with Gasteiger partial charge < -0.3 is 14.8 Å². The van der Waals surface area contributed by atoms with Crippen molar-refractivity contribution in [3.8, 4) is 0 Å². The lowest BCUT2D eigenvalue weighted by molar-refractivity contribution is -0.140. The first-order valence-electron chi connectivity index (χ1n) is 7.94. The van der Waals surface area contributed by atoms with Gasteiger partial charge in [-0.05, 0) is 19.8 Å². The molecule has 1 fully saturated rings. The molecule has 2 rings (SSSR count).